The minimum Gasteiger partial charge on any atom is -0.384 e. The van der Waals surface area contributed by atoms with Gasteiger partial charge in [-0.2, -0.15) is 10.4 Å². The van der Waals surface area contributed by atoms with Gasteiger partial charge in [-0.3, -0.25) is 9.67 Å². The molecular formula is C26H23ClN8. The molecule has 0 amide bonds. The fourth-order valence-electron chi connectivity index (χ4n) is 4.34. The predicted molar refractivity (Wildman–Crippen MR) is 137 cm³/mol. The second-order valence-corrected chi connectivity index (χ2v) is 8.95. The van der Waals surface area contributed by atoms with Crippen LogP contribution in [0, 0.1) is 25.2 Å². The Hall–Kier alpha value is -4.06. The summed E-state index contributed by atoms with van der Waals surface area (Å²) in [5, 5.41) is 20.2. The van der Waals surface area contributed by atoms with E-state index in [4.69, 9.17) is 22.4 Å². The number of fused-ring (bicyclic) bond motifs is 2. The third-order valence-electron chi connectivity index (χ3n) is 6.04. The molecule has 0 radical (unpaired) electrons. The molecular weight excluding hydrogens is 460 g/mol. The lowest BCUT2D eigenvalue weighted by atomic mass is 10.1. The zero-order valence-corrected chi connectivity index (χ0v) is 20.1. The lowest BCUT2D eigenvalue weighted by Gasteiger charge is -2.11. The largest absolute Gasteiger partial charge is 0.384 e. The van der Waals surface area contributed by atoms with Crippen LogP contribution in [0.1, 0.15) is 33.8 Å². The summed E-state index contributed by atoms with van der Waals surface area (Å²) in [6, 6.07) is 13.8. The number of aryl methyl sites for hydroxylation is 2. The van der Waals surface area contributed by atoms with Gasteiger partial charge in [-0.1, -0.05) is 17.7 Å². The van der Waals surface area contributed by atoms with Crippen LogP contribution in [-0.2, 0) is 19.6 Å². The summed E-state index contributed by atoms with van der Waals surface area (Å²) in [6.07, 6.45) is 3.35. The Morgan fingerprint density at radius 3 is 2.74 bits per heavy atom. The highest BCUT2D eigenvalue weighted by atomic mass is 35.5. The average molecular weight is 483 g/mol. The van der Waals surface area contributed by atoms with Crippen molar-refractivity contribution in [3.63, 3.8) is 0 Å². The van der Waals surface area contributed by atoms with Crippen molar-refractivity contribution in [3.8, 4) is 6.07 Å². The molecule has 0 spiro atoms. The van der Waals surface area contributed by atoms with Crippen molar-refractivity contribution < 1.29 is 0 Å². The number of hydrogen-bond donors (Lipinski definition) is 2. The number of nitrogens with two attached hydrogens (primary N) is 1. The van der Waals surface area contributed by atoms with Gasteiger partial charge in [0.25, 0.3) is 0 Å². The SMILES string of the molecule is Cc1cc(N)nc(C)c1CNCc1nn(Cc2ccc3ncc(Cl)cc3c2)c2cnc(C#N)cc12. The van der Waals surface area contributed by atoms with Crippen molar-refractivity contribution in [3.05, 3.63) is 87.6 Å². The van der Waals surface area contributed by atoms with Crippen LogP contribution < -0.4 is 11.1 Å². The summed E-state index contributed by atoms with van der Waals surface area (Å²) in [4.78, 5) is 13.0. The van der Waals surface area contributed by atoms with Gasteiger partial charge in [-0.05, 0) is 60.9 Å². The van der Waals surface area contributed by atoms with Crippen molar-refractivity contribution in [2.24, 2.45) is 0 Å². The normalized spacial score (nSPS) is 11.3. The Bertz CT molecular complexity index is 1590. The fourth-order valence-corrected chi connectivity index (χ4v) is 4.50. The number of nitrogens with zero attached hydrogens (tertiary/aromatic N) is 6. The van der Waals surface area contributed by atoms with Crippen LogP contribution in [0.5, 0.6) is 0 Å². The van der Waals surface area contributed by atoms with Gasteiger partial charge in [0.1, 0.15) is 17.6 Å². The van der Waals surface area contributed by atoms with Gasteiger partial charge in [-0.15, -0.1) is 0 Å². The van der Waals surface area contributed by atoms with E-state index in [0.29, 0.717) is 36.2 Å². The number of nitrogens with one attached hydrogen (secondary N) is 1. The zero-order chi connectivity index (χ0) is 24.5. The molecule has 5 rings (SSSR count). The van der Waals surface area contributed by atoms with Crippen LogP contribution in [0.15, 0.2) is 48.8 Å². The van der Waals surface area contributed by atoms with Crippen molar-refractivity contribution in [2.75, 3.05) is 5.73 Å². The number of aromatic nitrogens is 5. The van der Waals surface area contributed by atoms with E-state index in [2.05, 4.69) is 32.4 Å². The molecule has 0 bridgehead atoms. The maximum Gasteiger partial charge on any atom is 0.141 e. The third kappa shape index (κ3) is 4.64. The van der Waals surface area contributed by atoms with Gasteiger partial charge in [0, 0.05) is 35.8 Å². The van der Waals surface area contributed by atoms with Crippen LogP contribution in [0.25, 0.3) is 21.8 Å². The smallest absolute Gasteiger partial charge is 0.141 e. The van der Waals surface area contributed by atoms with Crippen molar-refractivity contribution in [1.29, 1.82) is 5.26 Å². The van der Waals surface area contributed by atoms with Crippen LogP contribution >= 0.6 is 11.6 Å². The van der Waals surface area contributed by atoms with E-state index in [0.717, 1.165) is 49.9 Å². The number of nitrogen functional groups attached to an aromatic ring is 1. The van der Waals surface area contributed by atoms with E-state index < -0.39 is 0 Å². The Labute approximate surface area is 207 Å². The summed E-state index contributed by atoms with van der Waals surface area (Å²) < 4.78 is 1.92. The number of halogens is 1. The van der Waals surface area contributed by atoms with E-state index in [1.54, 1.807) is 18.5 Å². The number of hydrogen-bond acceptors (Lipinski definition) is 7. The van der Waals surface area contributed by atoms with Gasteiger partial charge in [-0.25, -0.2) is 9.97 Å². The summed E-state index contributed by atoms with van der Waals surface area (Å²) >= 11 is 6.13. The molecule has 0 atom stereocenters. The van der Waals surface area contributed by atoms with Crippen molar-refractivity contribution >= 4 is 39.2 Å². The number of rotatable bonds is 6. The highest BCUT2D eigenvalue weighted by Gasteiger charge is 2.14. The molecule has 5 aromatic rings. The quantitative estimate of drug-likeness (QED) is 0.367. The second kappa shape index (κ2) is 9.29. The molecule has 35 heavy (non-hydrogen) atoms. The van der Waals surface area contributed by atoms with Gasteiger partial charge in [0.15, 0.2) is 0 Å². The first kappa shape index (κ1) is 22.7. The number of nitriles is 1. The lowest BCUT2D eigenvalue weighted by Crippen LogP contribution is -2.16. The third-order valence-corrected chi connectivity index (χ3v) is 6.25. The highest BCUT2D eigenvalue weighted by Crippen LogP contribution is 2.23. The molecule has 0 aliphatic rings. The van der Waals surface area contributed by atoms with Crippen LogP contribution in [0.2, 0.25) is 5.02 Å². The summed E-state index contributed by atoms with van der Waals surface area (Å²) in [5.41, 5.74) is 13.0. The molecule has 3 N–H and O–H groups in total. The maximum atomic E-state index is 9.37. The second-order valence-electron chi connectivity index (χ2n) is 8.51. The molecule has 0 aliphatic heterocycles. The molecule has 0 saturated carbocycles. The Morgan fingerprint density at radius 2 is 1.94 bits per heavy atom. The van der Waals surface area contributed by atoms with Gasteiger partial charge < -0.3 is 11.1 Å². The van der Waals surface area contributed by atoms with Gasteiger partial charge >= 0.3 is 0 Å². The van der Waals surface area contributed by atoms with Gasteiger partial charge in [0.2, 0.25) is 0 Å². The minimum atomic E-state index is 0.360. The fraction of sp³-hybridized carbons (Fsp3) is 0.192. The molecule has 0 unspecified atom stereocenters. The van der Waals surface area contributed by atoms with Crippen LogP contribution in [0.3, 0.4) is 0 Å². The Balaban J connectivity index is 1.44. The summed E-state index contributed by atoms with van der Waals surface area (Å²) in [6.45, 7) is 5.70. The van der Waals surface area contributed by atoms with Crippen molar-refractivity contribution in [2.45, 2.75) is 33.5 Å². The average Bonchev–Trinajstić information content (AvgIpc) is 3.16. The standard InChI is InChI=1S/C26H23ClN8/c1-15-5-26(29)33-16(2)22(15)11-30-12-24-21-8-20(9-28)31-13-25(21)35(34-24)14-17-3-4-23-18(6-17)7-19(27)10-32-23/h3-8,10,13,30H,11-12,14H2,1-2H3,(H2,29,33). The minimum absolute atomic E-state index is 0.360. The first-order valence-corrected chi connectivity index (χ1v) is 11.5. The van der Waals surface area contributed by atoms with E-state index >= 15 is 0 Å². The maximum absolute atomic E-state index is 9.37. The molecule has 0 aliphatic carbocycles. The summed E-state index contributed by atoms with van der Waals surface area (Å²) in [5.74, 6) is 0.525. The van der Waals surface area contributed by atoms with Crippen LogP contribution in [-0.4, -0.2) is 24.7 Å². The lowest BCUT2D eigenvalue weighted by molar-refractivity contribution is 0.639. The molecule has 0 fully saturated rings. The Kier molecular flexibility index (Phi) is 6.03. The molecule has 9 heteroatoms. The topological polar surface area (TPSA) is 118 Å². The molecule has 174 valence electrons. The zero-order valence-electron chi connectivity index (χ0n) is 19.4. The Morgan fingerprint density at radius 1 is 1.09 bits per heavy atom. The monoisotopic (exact) mass is 482 g/mol. The van der Waals surface area contributed by atoms with Gasteiger partial charge in [0.05, 0.1) is 34.5 Å². The number of anilines is 1. The predicted octanol–water partition coefficient (Wildman–Crippen LogP) is 4.44. The van der Waals surface area contributed by atoms with Crippen LogP contribution in [0.4, 0.5) is 5.82 Å². The van der Waals surface area contributed by atoms with E-state index in [9.17, 15) is 5.26 Å². The van der Waals surface area contributed by atoms with Crippen molar-refractivity contribution in [1.82, 2.24) is 30.0 Å². The molecule has 4 heterocycles. The van der Waals surface area contributed by atoms with E-state index in [-0.39, 0.29) is 0 Å². The first-order chi connectivity index (χ1) is 16.9. The van der Waals surface area contributed by atoms with E-state index in [1.807, 2.05) is 42.8 Å². The molecule has 0 saturated heterocycles. The molecule has 1 aromatic carbocycles. The number of pyridine rings is 3. The van der Waals surface area contributed by atoms with E-state index in [1.165, 1.54) is 0 Å². The highest BCUT2D eigenvalue weighted by molar-refractivity contribution is 6.31. The molecule has 4 aromatic heterocycles. The first-order valence-electron chi connectivity index (χ1n) is 11.1. The number of benzene rings is 1. The molecule has 8 nitrogen and oxygen atoms in total. The summed E-state index contributed by atoms with van der Waals surface area (Å²) in [7, 11) is 0.